The summed E-state index contributed by atoms with van der Waals surface area (Å²) in [5.41, 5.74) is 2.12. The van der Waals surface area contributed by atoms with Crippen molar-refractivity contribution in [1.82, 2.24) is 9.80 Å². The largest absolute Gasteiger partial charge is 0.334 e. The monoisotopic (exact) mass is 543 g/mol. The summed E-state index contributed by atoms with van der Waals surface area (Å²) in [6.45, 7) is 0.344. The summed E-state index contributed by atoms with van der Waals surface area (Å²) in [6, 6.07) is 20.5. The van der Waals surface area contributed by atoms with Crippen LogP contribution in [0.1, 0.15) is 23.1 Å². The lowest BCUT2D eigenvalue weighted by atomic mass is 10.1. The second-order valence-corrected chi connectivity index (χ2v) is 8.82. The van der Waals surface area contributed by atoms with Crippen molar-refractivity contribution < 1.29 is 19.2 Å². The number of hydrogen-bond acceptors (Lipinski definition) is 5. The molecule has 0 radical (unpaired) electrons. The first kappa shape index (κ1) is 27.1. The Morgan fingerprint density at radius 3 is 1.44 bits per heavy atom. The summed E-state index contributed by atoms with van der Waals surface area (Å²) in [5.74, 6) is -1.07. The quantitative estimate of drug-likeness (QED) is 0.215. The molecule has 1 saturated heterocycles. The fraction of sp³-hybridized carbons (Fsp3) is 0.154. The van der Waals surface area contributed by atoms with Gasteiger partial charge in [-0.15, -0.1) is 0 Å². The molecule has 0 N–H and O–H groups in total. The van der Waals surface area contributed by atoms with Gasteiger partial charge < -0.3 is 0 Å². The van der Waals surface area contributed by atoms with Gasteiger partial charge in [-0.05, 0) is 34.9 Å². The van der Waals surface area contributed by atoms with E-state index in [0.717, 1.165) is 15.4 Å². The maximum absolute atomic E-state index is 12.7. The second-order valence-electron chi connectivity index (χ2n) is 7.60. The van der Waals surface area contributed by atoms with Gasteiger partial charge in [0.05, 0.1) is 19.6 Å². The zero-order chi connectivity index (χ0) is 26.1. The van der Waals surface area contributed by atoms with E-state index in [4.69, 9.17) is 34.8 Å². The number of hydrogen-bond donors (Lipinski definition) is 0. The van der Waals surface area contributed by atoms with Crippen LogP contribution in [0.25, 0.3) is 0 Å². The summed E-state index contributed by atoms with van der Waals surface area (Å²) < 4.78 is 0. The van der Waals surface area contributed by atoms with Gasteiger partial charge in [0, 0.05) is 15.1 Å². The van der Waals surface area contributed by atoms with Crippen molar-refractivity contribution in [2.45, 2.75) is 26.1 Å². The lowest BCUT2D eigenvalue weighted by molar-refractivity contribution is -0.143. The molecule has 10 heteroatoms. The van der Waals surface area contributed by atoms with Gasteiger partial charge in [-0.2, -0.15) is 0 Å². The molecular formula is C26H20Cl3N3O4. The molecule has 1 fully saturated rings. The predicted octanol–water partition coefficient (Wildman–Crippen LogP) is 6.05. The minimum absolute atomic E-state index is 0.0175. The van der Waals surface area contributed by atoms with Crippen LogP contribution in [0.4, 0.5) is 4.79 Å². The number of carbonyl (C=O) groups is 3. The SMILES string of the molecule is O=C1CC(=O)N(Cc2ccccc2Cl)C(=O)N1Cc1ccccc1Cl.O=C=NCc1ccccc1Cl. The molecule has 184 valence electrons. The van der Waals surface area contributed by atoms with E-state index in [-0.39, 0.29) is 19.5 Å². The van der Waals surface area contributed by atoms with Gasteiger partial charge in [-0.25, -0.2) is 14.6 Å². The Labute approximate surface area is 222 Å². The van der Waals surface area contributed by atoms with E-state index in [1.54, 1.807) is 54.6 Å². The maximum atomic E-state index is 12.7. The number of urea groups is 1. The third-order valence-corrected chi connectivity index (χ3v) is 6.32. The summed E-state index contributed by atoms with van der Waals surface area (Å²) in [6.07, 6.45) is 1.10. The average molecular weight is 545 g/mol. The molecule has 1 aliphatic rings. The molecule has 3 aromatic carbocycles. The Morgan fingerprint density at radius 2 is 1.06 bits per heavy atom. The lowest BCUT2D eigenvalue weighted by Gasteiger charge is -2.33. The molecule has 7 nitrogen and oxygen atoms in total. The van der Waals surface area contributed by atoms with Gasteiger partial charge in [0.2, 0.25) is 17.9 Å². The van der Waals surface area contributed by atoms with Crippen molar-refractivity contribution in [3.05, 3.63) is 105 Å². The number of rotatable bonds is 6. The van der Waals surface area contributed by atoms with Crippen LogP contribution in [-0.4, -0.2) is 33.7 Å². The highest BCUT2D eigenvalue weighted by Crippen LogP contribution is 2.24. The molecule has 0 aromatic heterocycles. The van der Waals surface area contributed by atoms with Crippen LogP contribution < -0.4 is 0 Å². The predicted molar refractivity (Wildman–Crippen MR) is 137 cm³/mol. The van der Waals surface area contributed by atoms with Crippen LogP contribution >= 0.6 is 34.8 Å². The zero-order valence-electron chi connectivity index (χ0n) is 18.9. The summed E-state index contributed by atoms with van der Waals surface area (Å²) in [7, 11) is 0. The van der Waals surface area contributed by atoms with E-state index in [1.165, 1.54) is 6.08 Å². The molecule has 0 saturated carbocycles. The smallest absolute Gasteiger partial charge is 0.274 e. The van der Waals surface area contributed by atoms with Gasteiger partial charge in [0.1, 0.15) is 6.42 Å². The third-order valence-electron chi connectivity index (χ3n) is 5.21. The van der Waals surface area contributed by atoms with Crippen LogP contribution in [0, 0.1) is 0 Å². The van der Waals surface area contributed by atoms with E-state index in [1.807, 2.05) is 18.2 Å². The van der Waals surface area contributed by atoms with Crippen molar-refractivity contribution >= 4 is 58.7 Å². The number of halogens is 3. The van der Waals surface area contributed by atoms with Crippen molar-refractivity contribution in [1.29, 1.82) is 0 Å². The molecule has 4 rings (SSSR count). The Hall–Kier alpha value is -3.48. The molecule has 0 atom stereocenters. The Balaban J connectivity index is 0.000000275. The topological polar surface area (TPSA) is 87.1 Å². The number of barbiturate groups is 1. The van der Waals surface area contributed by atoms with E-state index >= 15 is 0 Å². The summed E-state index contributed by atoms with van der Waals surface area (Å²) in [5, 5.41) is 1.54. The lowest BCUT2D eigenvalue weighted by Crippen LogP contribution is -2.54. The molecular weight excluding hydrogens is 525 g/mol. The molecule has 0 unspecified atom stereocenters. The standard InChI is InChI=1S/C18H14Cl2N2O3.C8H6ClNO/c19-14-7-3-1-5-12(14)10-21-16(23)9-17(24)22(18(21)25)11-13-6-2-4-8-15(13)20;9-8-4-2-1-3-7(8)5-10-6-11/h1-8H,9-11H2;1-4H,5H2. The highest BCUT2D eigenvalue weighted by Gasteiger charge is 2.38. The normalized spacial score (nSPS) is 13.1. The Morgan fingerprint density at radius 1 is 0.667 bits per heavy atom. The Kier molecular flexibility index (Phi) is 9.79. The van der Waals surface area contributed by atoms with Gasteiger partial charge >= 0.3 is 6.03 Å². The number of nitrogens with zero attached hydrogens (tertiary/aromatic N) is 3. The van der Waals surface area contributed by atoms with Crippen molar-refractivity contribution in [2.75, 3.05) is 0 Å². The number of imide groups is 2. The highest BCUT2D eigenvalue weighted by molar-refractivity contribution is 6.32. The van der Waals surface area contributed by atoms with Crippen LogP contribution in [0.5, 0.6) is 0 Å². The van der Waals surface area contributed by atoms with Gasteiger partial charge in [0.25, 0.3) is 0 Å². The first-order chi connectivity index (χ1) is 17.3. The fourth-order valence-corrected chi connectivity index (χ4v) is 3.92. The molecule has 0 aliphatic carbocycles. The van der Waals surface area contributed by atoms with Crippen LogP contribution in [0.15, 0.2) is 77.8 Å². The first-order valence-electron chi connectivity index (χ1n) is 10.7. The molecule has 36 heavy (non-hydrogen) atoms. The number of benzene rings is 3. The van der Waals surface area contributed by atoms with E-state index < -0.39 is 17.8 Å². The zero-order valence-corrected chi connectivity index (χ0v) is 21.1. The molecule has 0 spiro atoms. The summed E-state index contributed by atoms with van der Waals surface area (Å²) >= 11 is 18.0. The Bertz CT molecular complexity index is 1260. The van der Waals surface area contributed by atoms with Gasteiger partial charge in [-0.1, -0.05) is 89.4 Å². The number of isocyanates is 1. The van der Waals surface area contributed by atoms with Crippen molar-refractivity contribution in [2.24, 2.45) is 4.99 Å². The summed E-state index contributed by atoms with van der Waals surface area (Å²) in [4.78, 5) is 52.3. The van der Waals surface area contributed by atoms with Crippen molar-refractivity contribution in [3.63, 3.8) is 0 Å². The minimum Gasteiger partial charge on any atom is -0.274 e. The number of amides is 4. The van der Waals surface area contributed by atoms with Crippen LogP contribution in [0.2, 0.25) is 15.1 Å². The van der Waals surface area contributed by atoms with Crippen LogP contribution in [-0.2, 0) is 34.0 Å². The molecule has 4 amide bonds. The molecule has 0 bridgehead atoms. The van der Waals surface area contributed by atoms with E-state index in [9.17, 15) is 19.2 Å². The minimum atomic E-state index is -0.666. The van der Waals surface area contributed by atoms with Crippen molar-refractivity contribution in [3.8, 4) is 0 Å². The van der Waals surface area contributed by atoms with E-state index in [0.29, 0.717) is 32.7 Å². The molecule has 1 aliphatic heterocycles. The third kappa shape index (κ3) is 7.03. The fourth-order valence-electron chi connectivity index (χ4n) is 3.33. The number of aliphatic imine (C=N–C) groups is 1. The maximum Gasteiger partial charge on any atom is 0.334 e. The van der Waals surface area contributed by atoms with Gasteiger partial charge in [0.15, 0.2) is 0 Å². The second kappa shape index (κ2) is 13.0. The number of carbonyl (C=O) groups excluding carboxylic acids is 4. The highest BCUT2D eigenvalue weighted by atomic mass is 35.5. The molecule has 3 aromatic rings. The average Bonchev–Trinajstić information content (AvgIpc) is 2.86. The first-order valence-corrected chi connectivity index (χ1v) is 11.8. The van der Waals surface area contributed by atoms with Gasteiger partial charge in [-0.3, -0.25) is 19.4 Å². The van der Waals surface area contributed by atoms with E-state index in [2.05, 4.69) is 4.99 Å². The van der Waals surface area contributed by atoms with Crippen LogP contribution in [0.3, 0.4) is 0 Å². The molecule has 1 heterocycles.